The number of amides is 1. The Kier molecular flexibility index (Phi) is 6.53. The maximum absolute atomic E-state index is 12.3. The molecule has 0 aliphatic carbocycles. The predicted octanol–water partition coefficient (Wildman–Crippen LogP) is 2.25. The van der Waals surface area contributed by atoms with E-state index < -0.39 is 0 Å². The largest absolute Gasteiger partial charge is 0.495 e. The zero-order chi connectivity index (χ0) is 15.5. The molecule has 3 rings (SSSR count). The maximum Gasteiger partial charge on any atom is 0.238 e. The molecule has 2 saturated heterocycles. The van der Waals surface area contributed by atoms with Crippen LogP contribution >= 0.6 is 24.0 Å². The summed E-state index contributed by atoms with van der Waals surface area (Å²) in [6, 6.07) is 5.22. The summed E-state index contributed by atoms with van der Waals surface area (Å²) in [5.41, 5.74) is 0.623. The summed E-state index contributed by atoms with van der Waals surface area (Å²) >= 11 is 5.99. The van der Waals surface area contributed by atoms with Crippen LogP contribution in [0.2, 0.25) is 5.02 Å². The highest BCUT2D eigenvalue weighted by Gasteiger charge is 2.33. The molecule has 7 heteroatoms. The monoisotopic (exact) mass is 359 g/mol. The van der Waals surface area contributed by atoms with Gasteiger partial charge in [-0.2, -0.15) is 0 Å². The van der Waals surface area contributed by atoms with Crippen molar-refractivity contribution < 1.29 is 9.53 Å². The first kappa shape index (κ1) is 18.3. The number of benzene rings is 1. The van der Waals surface area contributed by atoms with Crippen molar-refractivity contribution in [2.45, 2.75) is 6.42 Å². The van der Waals surface area contributed by atoms with Crippen LogP contribution in [0.1, 0.15) is 6.42 Å². The molecule has 2 N–H and O–H groups in total. The number of carbonyl (C=O) groups is 1. The van der Waals surface area contributed by atoms with Crippen molar-refractivity contribution in [1.82, 2.24) is 10.2 Å². The number of nitrogens with one attached hydrogen (secondary N) is 2. The fourth-order valence-electron chi connectivity index (χ4n) is 3.42. The predicted molar refractivity (Wildman–Crippen MR) is 94.8 cm³/mol. The number of rotatable bonds is 4. The van der Waals surface area contributed by atoms with Gasteiger partial charge in [0.15, 0.2) is 0 Å². The van der Waals surface area contributed by atoms with Crippen LogP contribution in [0.4, 0.5) is 5.69 Å². The lowest BCUT2D eigenvalue weighted by molar-refractivity contribution is -0.117. The number of halogens is 2. The zero-order valence-corrected chi connectivity index (χ0v) is 14.8. The van der Waals surface area contributed by atoms with Gasteiger partial charge in [0.2, 0.25) is 5.91 Å². The van der Waals surface area contributed by atoms with Gasteiger partial charge in [-0.05, 0) is 56.1 Å². The third-order valence-electron chi connectivity index (χ3n) is 4.59. The lowest BCUT2D eigenvalue weighted by atomic mass is 9.89. The molecule has 2 heterocycles. The Bertz CT molecular complexity index is 556. The molecular weight excluding hydrogens is 337 g/mol. The molecule has 2 aliphatic heterocycles. The SMILES string of the molecule is COc1ccc(Cl)cc1NC(=O)CN1CCC2CNCC2C1.Cl. The van der Waals surface area contributed by atoms with E-state index in [0.717, 1.165) is 32.1 Å². The van der Waals surface area contributed by atoms with E-state index in [-0.39, 0.29) is 18.3 Å². The number of nitrogens with zero attached hydrogens (tertiary/aromatic N) is 1. The van der Waals surface area contributed by atoms with E-state index in [1.54, 1.807) is 25.3 Å². The van der Waals surface area contributed by atoms with E-state index >= 15 is 0 Å². The minimum atomic E-state index is -0.0232. The molecule has 2 atom stereocenters. The van der Waals surface area contributed by atoms with Crippen LogP contribution in [0, 0.1) is 11.8 Å². The summed E-state index contributed by atoms with van der Waals surface area (Å²) in [6.07, 6.45) is 1.17. The van der Waals surface area contributed by atoms with Gasteiger partial charge >= 0.3 is 0 Å². The highest BCUT2D eigenvalue weighted by atomic mass is 35.5. The molecule has 0 aromatic heterocycles. The van der Waals surface area contributed by atoms with Crippen molar-refractivity contribution in [1.29, 1.82) is 0 Å². The van der Waals surface area contributed by atoms with Crippen LogP contribution in [0.5, 0.6) is 5.75 Å². The molecule has 2 unspecified atom stereocenters. The number of hydrogen-bond acceptors (Lipinski definition) is 4. The molecule has 2 aliphatic rings. The number of fused-ring (bicyclic) bond motifs is 1. The summed E-state index contributed by atoms with van der Waals surface area (Å²) < 4.78 is 5.25. The number of anilines is 1. The van der Waals surface area contributed by atoms with Crippen LogP contribution in [0.3, 0.4) is 0 Å². The van der Waals surface area contributed by atoms with E-state index in [9.17, 15) is 4.79 Å². The van der Waals surface area contributed by atoms with Gasteiger partial charge in [0, 0.05) is 11.6 Å². The van der Waals surface area contributed by atoms with Crippen molar-refractivity contribution >= 4 is 35.6 Å². The molecule has 23 heavy (non-hydrogen) atoms. The standard InChI is InChI=1S/C16H22ClN3O2.ClH/c1-22-15-3-2-13(17)6-14(15)19-16(21)10-20-5-4-11-7-18-8-12(11)9-20;/h2-3,6,11-12,18H,4-5,7-10H2,1H3,(H,19,21);1H. The Balaban J connectivity index is 0.00000192. The smallest absolute Gasteiger partial charge is 0.238 e. The first-order valence-corrected chi connectivity index (χ1v) is 8.10. The van der Waals surface area contributed by atoms with Gasteiger partial charge in [0.05, 0.1) is 19.3 Å². The summed E-state index contributed by atoms with van der Waals surface area (Å²) in [7, 11) is 1.58. The highest BCUT2D eigenvalue weighted by Crippen LogP contribution is 2.28. The fraction of sp³-hybridized carbons (Fsp3) is 0.562. The normalized spacial score (nSPS) is 23.7. The summed E-state index contributed by atoms with van der Waals surface area (Å²) in [5, 5.41) is 6.92. The quantitative estimate of drug-likeness (QED) is 0.865. The molecule has 0 saturated carbocycles. The first-order valence-electron chi connectivity index (χ1n) is 7.72. The third kappa shape index (κ3) is 4.51. The number of methoxy groups -OCH3 is 1. The molecule has 1 amide bonds. The first-order chi connectivity index (χ1) is 10.7. The Morgan fingerprint density at radius 1 is 1.43 bits per heavy atom. The topological polar surface area (TPSA) is 53.6 Å². The zero-order valence-electron chi connectivity index (χ0n) is 13.2. The van der Waals surface area contributed by atoms with E-state index in [0.29, 0.717) is 28.9 Å². The summed E-state index contributed by atoms with van der Waals surface area (Å²) in [4.78, 5) is 14.5. The van der Waals surface area contributed by atoms with Gasteiger partial charge in [-0.1, -0.05) is 11.6 Å². The average molecular weight is 360 g/mol. The van der Waals surface area contributed by atoms with Crippen LogP contribution in [0.25, 0.3) is 0 Å². The van der Waals surface area contributed by atoms with E-state index in [2.05, 4.69) is 15.5 Å². The Morgan fingerprint density at radius 3 is 3.00 bits per heavy atom. The van der Waals surface area contributed by atoms with Gasteiger partial charge in [-0.3, -0.25) is 9.69 Å². The molecule has 0 spiro atoms. The lowest BCUT2D eigenvalue weighted by Gasteiger charge is -2.33. The summed E-state index contributed by atoms with van der Waals surface area (Å²) in [5.74, 6) is 2.07. The molecule has 2 fully saturated rings. The molecular formula is C16H23Cl2N3O2. The average Bonchev–Trinajstić information content (AvgIpc) is 2.95. The van der Waals surface area contributed by atoms with Gasteiger partial charge in [-0.25, -0.2) is 0 Å². The Hall–Kier alpha value is -1.01. The van der Waals surface area contributed by atoms with Crippen LogP contribution in [-0.2, 0) is 4.79 Å². The number of hydrogen-bond donors (Lipinski definition) is 2. The van der Waals surface area contributed by atoms with Gasteiger partial charge in [0.25, 0.3) is 0 Å². The van der Waals surface area contributed by atoms with Crippen LogP contribution in [0.15, 0.2) is 18.2 Å². The maximum atomic E-state index is 12.3. The Morgan fingerprint density at radius 2 is 2.22 bits per heavy atom. The highest BCUT2D eigenvalue weighted by molar-refractivity contribution is 6.31. The van der Waals surface area contributed by atoms with Crippen molar-refractivity contribution in [2.75, 3.05) is 45.2 Å². The van der Waals surface area contributed by atoms with E-state index in [1.165, 1.54) is 6.42 Å². The second kappa shape index (κ2) is 8.20. The van der Waals surface area contributed by atoms with Gasteiger partial charge in [-0.15, -0.1) is 12.4 Å². The molecule has 128 valence electrons. The van der Waals surface area contributed by atoms with E-state index in [4.69, 9.17) is 16.3 Å². The fourth-order valence-corrected chi connectivity index (χ4v) is 3.60. The Labute approximate surface area is 148 Å². The van der Waals surface area contributed by atoms with Crippen molar-refractivity contribution in [3.05, 3.63) is 23.2 Å². The molecule has 1 aromatic rings. The van der Waals surface area contributed by atoms with Gasteiger partial charge < -0.3 is 15.4 Å². The van der Waals surface area contributed by atoms with Crippen LogP contribution < -0.4 is 15.4 Å². The van der Waals surface area contributed by atoms with Crippen molar-refractivity contribution in [3.63, 3.8) is 0 Å². The van der Waals surface area contributed by atoms with Gasteiger partial charge in [0.1, 0.15) is 5.75 Å². The summed E-state index contributed by atoms with van der Waals surface area (Å²) in [6.45, 7) is 4.61. The van der Waals surface area contributed by atoms with Crippen molar-refractivity contribution in [3.8, 4) is 5.75 Å². The number of ether oxygens (including phenoxy) is 1. The van der Waals surface area contributed by atoms with Crippen molar-refractivity contribution in [2.24, 2.45) is 11.8 Å². The minimum absolute atomic E-state index is 0. The number of carbonyl (C=O) groups excluding carboxylic acids is 1. The molecule has 0 bridgehead atoms. The van der Waals surface area contributed by atoms with E-state index in [1.807, 2.05) is 0 Å². The molecule has 1 aromatic carbocycles. The minimum Gasteiger partial charge on any atom is -0.495 e. The molecule has 0 radical (unpaired) electrons. The number of piperidine rings is 1. The molecule has 5 nitrogen and oxygen atoms in total. The number of likely N-dealkylation sites (tertiary alicyclic amines) is 1. The van der Waals surface area contributed by atoms with Crippen LogP contribution in [-0.4, -0.2) is 50.6 Å². The second-order valence-electron chi connectivity index (χ2n) is 6.09. The third-order valence-corrected chi connectivity index (χ3v) is 4.83. The lowest BCUT2D eigenvalue weighted by Crippen LogP contribution is -2.43. The second-order valence-corrected chi connectivity index (χ2v) is 6.53.